The number of likely N-dealkylation sites (tertiary alicyclic amines) is 1. The highest BCUT2D eigenvalue weighted by Gasteiger charge is 2.23. The second-order valence-electron chi connectivity index (χ2n) is 6.87. The summed E-state index contributed by atoms with van der Waals surface area (Å²) in [6, 6.07) is 15.2. The monoisotopic (exact) mass is 414 g/mol. The third-order valence-electron chi connectivity index (χ3n) is 4.81. The maximum Gasteiger partial charge on any atom is 0.308 e. The van der Waals surface area contributed by atoms with E-state index in [2.05, 4.69) is 5.32 Å². The number of halogens is 1. The van der Waals surface area contributed by atoms with Crippen molar-refractivity contribution in [3.8, 4) is 0 Å². The van der Waals surface area contributed by atoms with Gasteiger partial charge in [-0.1, -0.05) is 54.1 Å². The Kier molecular flexibility index (Phi) is 7.25. The van der Waals surface area contributed by atoms with Crippen molar-refractivity contribution in [2.24, 2.45) is 0 Å². The zero-order valence-electron chi connectivity index (χ0n) is 16.0. The highest BCUT2D eigenvalue weighted by atomic mass is 35.5. The lowest BCUT2D eigenvalue weighted by atomic mass is 10.0. The summed E-state index contributed by atoms with van der Waals surface area (Å²) in [5.41, 5.74) is 1.09. The van der Waals surface area contributed by atoms with Crippen molar-refractivity contribution in [3.05, 3.63) is 70.7 Å². The zero-order chi connectivity index (χ0) is 20.6. The fraction of sp³-hybridized carbons (Fsp3) is 0.318. The predicted octanol–water partition coefficient (Wildman–Crippen LogP) is 3.37. The minimum atomic E-state index is -0.602. The summed E-state index contributed by atoms with van der Waals surface area (Å²) in [4.78, 5) is 38.8. The first-order valence-electron chi connectivity index (χ1n) is 9.58. The molecule has 1 unspecified atom stereocenters. The minimum absolute atomic E-state index is 0.0898. The molecule has 6 nitrogen and oxygen atoms in total. The van der Waals surface area contributed by atoms with Crippen LogP contribution < -0.4 is 5.32 Å². The molecule has 0 aromatic heterocycles. The van der Waals surface area contributed by atoms with Gasteiger partial charge in [0.25, 0.3) is 11.8 Å². The molecule has 1 N–H and O–H groups in total. The van der Waals surface area contributed by atoms with Crippen molar-refractivity contribution >= 4 is 29.4 Å². The molecule has 1 atom stereocenters. The van der Waals surface area contributed by atoms with Gasteiger partial charge in [0.05, 0.1) is 23.0 Å². The number of benzene rings is 2. The summed E-state index contributed by atoms with van der Waals surface area (Å²) in [6.07, 6.45) is 1.86. The topological polar surface area (TPSA) is 75.7 Å². The van der Waals surface area contributed by atoms with Crippen molar-refractivity contribution in [1.29, 1.82) is 0 Å². The third kappa shape index (κ3) is 5.81. The molecule has 1 aliphatic heterocycles. The molecule has 0 bridgehead atoms. The Morgan fingerprint density at radius 2 is 1.66 bits per heavy atom. The number of hydrogen-bond acceptors (Lipinski definition) is 4. The summed E-state index contributed by atoms with van der Waals surface area (Å²) in [6.45, 7) is 1.13. The van der Waals surface area contributed by atoms with Crippen LogP contribution in [-0.4, -0.2) is 42.4 Å². The number of ether oxygens (including phenoxy) is 1. The van der Waals surface area contributed by atoms with Crippen molar-refractivity contribution in [3.63, 3.8) is 0 Å². The van der Waals surface area contributed by atoms with Crippen molar-refractivity contribution < 1.29 is 19.1 Å². The quantitative estimate of drug-likeness (QED) is 0.705. The first-order chi connectivity index (χ1) is 14.0. The lowest BCUT2D eigenvalue weighted by Crippen LogP contribution is -2.34. The van der Waals surface area contributed by atoms with E-state index in [0.717, 1.165) is 18.4 Å². The van der Waals surface area contributed by atoms with Crippen LogP contribution >= 0.6 is 11.6 Å². The van der Waals surface area contributed by atoms with Crippen LogP contribution in [0.5, 0.6) is 0 Å². The SMILES string of the molecule is O=C(CC(NC(=O)c1ccccc1Cl)c1ccccc1)OCC(=O)N1CCCC1. The van der Waals surface area contributed by atoms with Crippen molar-refractivity contribution in [2.45, 2.75) is 25.3 Å². The molecule has 7 heteroatoms. The Balaban J connectivity index is 1.64. The van der Waals surface area contributed by atoms with Crippen molar-refractivity contribution in [2.75, 3.05) is 19.7 Å². The molecule has 2 aromatic rings. The second-order valence-corrected chi connectivity index (χ2v) is 7.28. The van der Waals surface area contributed by atoms with E-state index in [1.807, 2.05) is 30.3 Å². The molecule has 1 saturated heterocycles. The molecule has 2 amide bonds. The van der Waals surface area contributed by atoms with E-state index in [9.17, 15) is 14.4 Å². The molecule has 0 saturated carbocycles. The van der Waals surface area contributed by atoms with Gasteiger partial charge in [0.1, 0.15) is 0 Å². The number of esters is 1. The fourth-order valence-corrected chi connectivity index (χ4v) is 3.47. The molecule has 0 aliphatic carbocycles. The van der Waals surface area contributed by atoms with E-state index < -0.39 is 12.0 Å². The maximum absolute atomic E-state index is 12.7. The van der Waals surface area contributed by atoms with Gasteiger partial charge in [-0.05, 0) is 30.5 Å². The molecular weight excluding hydrogens is 392 g/mol. The third-order valence-corrected chi connectivity index (χ3v) is 5.14. The van der Waals surface area contributed by atoms with E-state index in [0.29, 0.717) is 23.7 Å². The minimum Gasteiger partial charge on any atom is -0.455 e. The Morgan fingerprint density at radius 3 is 2.34 bits per heavy atom. The summed E-state index contributed by atoms with van der Waals surface area (Å²) in [7, 11) is 0. The van der Waals surface area contributed by atoms with Gasteiger partial charge in [0, 0.05) is 13.1 Å². The molecular formula is C22H23ClN2O4. The van der Waals surface area contributed by atoms with E-state index in [1.54, 1.807) is 29.2 Å². The Labute approximate surface area is 174 Å². The van der Waals surface area contributed by atoms with Crippen LogP contribution in [0.4, 0.5) is 0 Å². The van der Waals surface area contributed by atoms with Gasteiger partial charge in [-0.25, -0.2) is 0 Å². The Bertz CT molecular complexity index is 866. The van der Waals surface area contributed by atoms with E-state index in [4.69, 9.17) is 16.3 Å². The Morgan fingerprint density at radius 1 is 1.00 bits per heavy atom. The lowest BCUT2D eigenvalue weighted by Gasteiger charge is -2.20. The number of nitrogens with zero attached hydrogens (tertiary/aromatic N) is 1. The van der Waals surface area contributed by atoms with Crippen LogP contribution in [0.3, 0.4) is 0 Å². The van der Waals surface area contributed by atoms with Gasteiger partial charge in [0.15, 0.2) is 6.61 Å². The standard InChI is InChI=1S/C22H23ClN2O4/c23-18-11-5-4-10-17(18)22(28)24-19(16-8-2-1-3-9-16)14-21(27)29-15-20(26)25-12-6-7-13-25/h1-5,8-11,19H,6-7,12-15H2,(H,24,28). The van der Waals surface area contributed by atoms with E-state index in [-0.39, 0.29) is 24.8 Å². The second kappa shape index (κ2) is 10.1. The molecule has 1 heterocycles. The smallest absolute Gasteiger partial charge is 0.308 e. The first kappa shape index (κ1) is 20.9. The van der Waals surface area contributed by atoms with Gasteiger partial charge in [-0.2, -0.15) is 0 Å². The Hall–Kier alpha value is -2.86. The van der Waals surface area contributed by atoms with Crippen LogP contribution in [-0.2, 0) is 14.3 Å². The van der Waals surface area contributed by atoms with Gasteiger partial charge in [-0.3, -0.25) is 14.4 Å². The average Bonchev–Trinajstić information content (AvgIpc) is 3.27. The highest BCUT2D eigenvalue weighted by molar-refractivity contribution is 6.33. The van der Waals surface area contributed by atoms with Crippen LogP contribution in [0.15, 0.2) is 54.6 Å². The van der Waals surface area contributed by atoms with Gasteiger partial charge in [-0.15, -0.1) is 0 Å². The molecule has 0 radical (unpaired) electrons. The molecule has 1 fully saturated rings. The lowest BCUT2D eigenvalue weighted by molar-refractivity contribution is -0.152. The first-order valence-corrected chi connectivity index (χ1v) is 9.96. The number of rotatable bonds is 7. The maximum atomic E-state index is 12.7. The zero-order valence-corrected chi connectivity index (χ0v) is 16.7. The molecule has 3 rings (SSSR count). The number of amides is 2. The van der Waals surface area contributed by atoms with Crippen LogP contribution in [0, 0.1) is 0 Å². The number of nitrogens with one attached hydrogen (secondary N) is 1. The summed E-state index contributed by atoms with van der Waals surface area (Å²) in [5, 5.41) is 3.17. The predicted molar refractivity (Wildman–Crippen MR) is 109 cm³/mol. The summed E-state index contributed by atoms with van der Waals surface area (Å²) < 4.78 is 5.17. The fourth-order valence-electron chi connectivity index (χ4n) is 3.24. The van der Waals surface area contributed by atoms with Gasteiger partial charge >= 0.3 is 5.97 Å². The molecule has 2 aromatic carbocycles. The highest BCUT2D eigenvalue weighted by Crippen LogP contribution is 2.21. The molecule has 1 aliphatic rings. The van der Waals surface area contributed by atoms with Crippen LogP contribution in [0.1, 0.15) is 41.2 Å². The number of carbonyl (C=O) groups excluding carboxylic acids is 3. The molecule has 29 heavy (non-hydrogen) atoms. The van der Waals surface area contributed by atoms with Gasteiger partial charge in [0.2, 0.25) is 0 Å². The summed E-state index contributed by atoms with van der Waals surface area (Å²) >= 11 is 6.11. The van der Waals surface area contributed by atoms with E-state index >= 15 is 0 Å². The van der Waals surface area contributed by atoms with Crippen molar-refractivity contribution in [1.82, 2.24) is 10.2 Å². The summed E-state index contributed by atoms with van der Waals surface area (Å²) in [5.74, 6) is -1.12. The van der Waals surface area contributed by atoms with Gasteiger partial charge < -0.3 is 15.0 Å². The molecule has 152 valence electrons. The molecule has 0 spiro atoms. The number of carbonyl (C=O) groups is 3. The number of hydrogen-bond donors (Lipinski definition) is 1. The van der Waals surface area contributed by atoms with Crippen LogP contribution in [0.2, 0.25) is 5.02 Å². The largest absolute Gasteiger partial charge is 0.455 e. The normalized spacial score (nSPS) is 14.3. The van der Waals surface area contributed by atoms with Crippen LogP contribution in [0.25, 0.3) is 0 Å². The van der Waals surface area contributed by atoms with E-state index in [1.165, 1.54) is 0 Å². The average molecular weight is 415 g/mol.